The van der Waals surface area contributed by atoms with Crippen molar-refractivity contribution in [1.82, 2.24) is 10.8 Å². The first kappa shape index (κ1) is 20.1. The van der Waals surface area contributed by atoms with Crippen molar-refractivity contribution in [2.24, 2.45) is 5.92 Å². The minimum absolute atomic E-state index is 0.0102. The van der Waals surface area contributed by atoms with Crippen molar-refractivity contribution in [1.29, 1.82) is 0 Å². The molecule has 4 N–H and O–H groups in total. The summed E-state index contributed by atoms with van der Waals surface area (Å²) in [6, 6.07) is 0. The minimum atomic E-state index is -1.02. The zero-order valence-corrected chi connectivity index (χ0v) is 12.5. The summed E-state index contributed by atoms with van der Waals surface area (Å²) >= 11 is 0. The van der Waals surface area contributed by atoms with E-state index < -0.39 is 29.0 Å². The average Bonchev–Trinajstić information content (AvgIpc) is 2.32. The molecule has 21 heavy (non-hydrogen) atoms. The van der Waals surface area contributed by atoms with Crippen LogP contribution in [0.3, 0.4) is 0 Å². The summed E-state index contributed by atoms with van der Waals surface area (Å²) in [7, 11) is 0. The van der Waals surface area contributed by atoms with Gasteiger partial charge in [-0.25, -0.2) is 9.68 Å². The topological polar surface area (TPSA) is 132 Å². The number of nitrogens with zero attached hydrogens (tertiary/aromatic N) is 2. The third kappa shape index (κ3) is 9.66. The van der Waals surface area contributed by atoms with E-state index in [1.807, 2.05) is 13.8 Å². The highest BCUT2D eigenvalue weighted by atomic mass is 17.1. The van der Waals surface area contributed by atoms with Gasteiger partial charge in [0.25, 0.3) is 0 Å². The minimum Gasteiger partial charge on any atom is -0.462 e. The summed E-state index contributed by atoms with van der Waals surface area (Å²) in [5.74, 6) is -0.310. The summed E-state index contributed by atoms with van der Waals surface area (Å²) in [5, 5.41) is 33.3. The lowest BCUT2D eigenvalue weighted by Gasteiger charge is -2.25. The SMILES string of the molecule is CC(C)C(C)OC(=O)CC[C@@H](ON(O)O)[C@@H](C)ON(O)O. The molecule has 0 fully saturated rings. The van der Waals surface area contributed by atoms with Gasteiger partial charge in [-0.3, -0.25) is 25.6 Å². The standard InChI is InChI=1S/C11H24N2O8/c1-7(2)8(3)19-11(14)6-5-10(21-13(17)18)9(4)20-12(15)16/h7-10,15-18H,5-6H2,1-4H3/t8?,9-,10-/m1/s1. The van der Waals surface area contributed by atoms with Crippen molar-refractivity contribution < 1.29 is 40.0 Å². The Morgan fingerprint density at radius 2 is 1.48 bits per heavy atom. The molecule has 126 valence electrons. The number of esters is 1. The van der Waals surface area contributed by atoms with Gasteiger partial charge >= 0.3 is 5.97 Å². The number of rotatable bonds is 10. The van der Waals surface area contributed by atoms with Crippen LogP contribution >= 0.6 is 0 Å². The molecular formula is C11H24N2O8. The molecule has 0 aliphatic carbocycles. The van der Waals surface area contributed by atoms with Gasteiger partial charge in [-0.05, 0) is 26.2 Å². The van der Waals surface area contributed by atoms with Gasteiger partial charge in [0.05, 0.1) is 10.8 Å². The largest absolute Gasteiger partial charge is 0.462 e. The highest BCUT2D eigenvalue weighted by Crippen LogP contribution is 2.14. The lowest BCUT2D eigenvalue weighted by Crippen LogP contribution is -2.38. The maximum absolute atomic E-state index is 11.6. The molecule has 0 saturated heterocycles. The molecule has 0 radical (unpaired) electrons. The molecule has 0 spiro atoms. The third-order valence-corrected chi connectivity index (χ3v) is 2.90. The summed E-state index contributed by atoms with van der Waals surface area (Å²) in [5.41, 5.74) is 0. The molecule has 0 saturated carbocycles. The molecule has 0 aliphatic rings. The summed E-state index contributed by atoms with van der Waals surface area (Å²) in [6.07, 6.45) is -2.31. The molecule has 10 heteroatoms. The first-order chi connectivity index (χ1) is 9.63. The summed E-state index contributed by atoms with van der Waals surface area (Å²) in [4.78, 5) is 20.7. The molecule has 0 heterocycles. The smallest absolute Gasteiger partial charge is 0.306 e. The number of ether oxygens (including phenoxy) is 1. The molecular weight excluding hydrogens is 288 g/mol. The van der Waals surface area contributed by atoms with Crippen LogP contribution in [0.15, 0.2) is 0 Å². The molecule has 0 aromatic heterocycles. The van der Waals surface area contributed by atoms with Crippen LogP contribution in [0.25, 0.3) is 0 Å². The maximum Gasteiger partial charge on any atom is 0.306 e. The number of hydrogen-bond donors (Lipinski definition) is 4. The van der Waals surface area contributed by atoms with E-state index in [0.29, 0.717) is 0 Å². The first-order valence-corrected chi connectivity index (χ1v) is 6.52. The molecule has 0 amide bonds. The molecule has 0 aliphatic heterocycles. The maximum atomic E-state index is 11.6. The van der Waals surface area contributed by atoms with Crippen LogP contribution in [-0.2, 0) is 19.2 Å². The zero-order chi connectivity index (χ0) is 16.6. The lowest BCUT2D eigenvalue weighted by atomic mass is 10.1. The van der Waals surface area contributed by atoms with E-state index in [1.54, 1.807) is 6.92 Å². The van der Waals surface area contributed by atoms with Gasteiger partial charge in [0.15, 0.2) is 0 Å². The summed E-state index contributed by atoms with van der Waals surface area (Å²) in [6.45, 7) is 6.97. The van der Waals surface area contributed by atoms with Crippen LogP contribution in [0.1, 0.15) is 40.5 Å². The Kier molecular flexibility index (Phi) is 9.57. The Bertz CT molecular complexity index is 300. The molecule has 1 unspecified atom stereocenters. The van der Waals surface area contributed by atoms with E-state index >= 15 is 0 Å². The van der Waals surface area contributed by atoms with E-state index in [9.17, 15) is 4.79 Å². The monoisotopic (exact) mass is 312 g/mol. The fraction of sp³-hybridized carbons (Fsp3) is 0.909. The van der Waals surface area contributed by atoms with Crippen LogP contribution in [-0.4, -0.2) is 55.9 Å². The van der Waals surface area contributed by atoms with Gasteiger partial charge in [-0.2, -0.15) is 0 Å². The molecule has 0 rings (SSSR count). The van der Waals surface area contributed by atoms with Gasteiger partial charge in [-0.1, -0.05) is 13.8 Å². The van der Waals surface area contributed by atoms with Gasteiger partial charge in [0, 0.05) is 6.42 Å². The quantitative estimate of drug-likeness (QED) is 0.344. The highest BCUT2D eigenvalue weighted by molar-refractivity contribution is 5.69. The highest BCUT2D eigenvalue weighted by Gasteiger charge is 2.25. The molecule has 3 atom stereocenters. The van der Waals surface area contributed by atoms with E-state index in [-0.39, 0.29) is 24.9 Å². The van der Waals surface area contributed by atoms with Crippen molar-refractivity contribution in [2.75, 3.05) is 0 Å². The third-order valence-electron chi connectivity index (χ3n) is 2.90. The van der Waals surface area contributed by atoms with Crippen LogP contribution < -0.4 is 0 Å². The van der Waals surface area contributed by atoms with Gasteiger partial charge in [-0.15, -0.1) is 0 Å². The second kappa shape index (κ2) is 9.97. The fourth-order valence-electron chi connectivity index (χ4n) is 1.37. The number of carbonyl (C=O) groups excluding carboxylic acids is 1. The predicted octanol–water partition coefficient (Wildman–Crippen LogP) is 1.14. The lowest BCUT2D eigenvalue weighted by molar-refractivity contribution is -0.537. The zero-order valence-electron chi connectivity index (χ0n) is 12.5. The normalized spacial score (nSPS) is 16.3. The predicted molar refractivity (Wildman–Crippen MR) is 65.9 cm³/mol. The van der Waals surface area contributed by atoms with Crippen molar-refractivity contribution >= 4 is 5.97 Å². The molecule has 0 aromatic carbocycles. The van der Waals surface area contributed by atoms with Gasteiger partial charge in [0.1, 0.15) is 18.3 Å². The summed E-state index contributed by atoms with van der Waals surface area (Å²) < 4.78 is 5.14. The second-order valence-electron chi connectivity index (χ2n) is 4.94. The van der Waals surface area contributed by atoms with Crippen molar-refractivity contribution in [3.8, 4) is 0 Å². The molecule has 10 nitrogen and oxygen atoms in total. The van der Waals surface area contributed by atoms with E-state index in [4.69, 9.17) is 25.6 Å². The Hall–Kier alpha value is -0.850. The Morgan fingerprint density at radius 3 is 1.90 bits per heavy atom. The van der Waals surface area contributed by atoms with Crippen molar-refractivity contribution in [2.45, 2.75) is 58.8 Å². The number of carbonyl (C=O) groups is 1. The van der Waals surface area contributed by atoms with Crippen molar-refractivity contribution in [3.63, 3.8) is 0 Å². The average molecular weight is 312 g/mol. The van der Waals surface area contributed by atoms with Crippen LogP contribution in [0.5, 0.6) is 0 Å². The number of hydrogen-bond acceptors (Lipinski definition) is 10. The van der Waals surface area contributed by atoms with Crippen LogP contribution in [0.2, 0.25) is 0 Å². The van der Waals surface area contributed by atoms with E-state index in [0.717, 1.165) is 0 Å². The Balaban J connectivity index is 4.37. The fourth-order valence-corrected chi connectivity index (χ4v) is 1.37. The first-order valence-electron chi connectivity index (χ1n) is 6.52. The van der Waals surface area contributed by atoms with Crippen LogP contribution in [0, 0.1) is 5.92 Å². The second-order valence-corrected chi connectivity index (χ2v) is 4.94. The van der Waals surface area contributed by atoms with E-state index in [1.165, 1.54) is 6.92 Å². The van der Waals surface area contributed by atoms with E-state index in [2.05, 4.69) is 9.68 Å². The molecule has 0 aromatic rings. The van der Waals surface area contributed by atoms with Gasteiger partial charge < -0.3 is 4.74 Å². The van der Waals surface area contributed by atoms with Crippen LogP contribution in [0.4, 0.5) is 0 Å². The van der Waals surface area contributed by atoms with Crippen molar-refractivity contribution in [3.05, 3.63) is 0 Å². The Morgan fingerprint density at radius 1 is 0.952 bits per heavy atom. The Labute approximate surface area is 122 Å². The van der Waals surface area contributed by atoms with Gasteiger partial charge in [0.2, 0.25) is 0 Å². The molecule has 0 bridgehead atoms.